The van der Waals surface area contributed by atoms with Crippen LogP contribution in [0.1, 0.15) is 104 Å². The summed E-state index contributed by atoms with van der Waals surface area (Å²) in [6.45, 7) is 6.42. The molecule has 0 spiro atoms. The summed E-state index contributed by atoms with van der Waals surface area (Å²) in [4.78, 5) is 26.7. The lowest BCUT2D eigenvalue weighted by Gasteiger charge is -2.71. The second kappa shape index (κ2) is 12.5. The lowest BCUT2D eigenvalue weighted by atomic mass is 9.36. The number of methoxy groups -OCH3 is 1. The smallest absolute Gasteiger partial charge is 0.331 e. The van der Waals surface area contributed by atoms with Crippen LogP contribution in [-0.4, -0.2) is 88.5 Å². The lowest BCUT2D eigenvalue weighted by molar-refractivity contribution is -0.341. The molecule has 0 amide bonds. The average molecular weight is 696 g/mol. The van der Waals surface area contributed by atoms with Gasteiger partial charge in [-0.3, -0.25) is 0 Å². The van der Waals surface area contributed by atoms with Crippen molar-refractivity contribution < 1.29 is 39.5 Å². The van der Waals surface area contributed by atoms with E-state index in [0.717, 1.165) is 36.8 Å². The predicted octanol–water partition coefficient (Wildman–Crippen LogP) is 4.25. The molecule has 0 saturated heterocycles. The van der Waals surface area contributed by atoms with Gasteiger partial charge in [0.25, 0.3) is 0 Å². The van der Waals surface area contributed by atoms with Crippen LogP contribution in [0.5, 0.6) is 0 Å². The number of aliphatic hydroxyl groups is 4. The fraction of sp³-hybridized carbons (Fsp3) is 0.854. The van der Waals surface area contributed by atoms with Gasteiger partial charge in [-0.25, -0.2) is 4.79 Å². The molecule has 1 heterocycles. The molecule has 0 radical (unpaired) electrons. The highest BCUT2D eigenvalue weighted by molar-refractivity contribution is 5.87. The van der Waals surface area contributed by atoms with Crippen LogP contribution in [0.4, 0.5) is 0 Å². The maximum Gasteiger partial charge on any atom is 0.331 e. The second-order valence-corrected chi connectivity index (χ2v) is 18.4. The molecule has 5 N–H and O–H groups in total. The molecule has 14 unspecified atom stereocenters. The van der Waals surface area contributed by atoms with Gasteiger partial charge in [-0.2, -0.15) is 0 Å². The van der Waals surface area contributed by atoms with Crippen LogP contribution in [0.3, 0.4) is 0 Å². The third-order valence-corrected chi connectivity index (χ3v) is 16.8. The van der Waals surface area contributed by atoms with Gasteiger partial charge < -0.3 is 40.0 Å². The van der Waals surface area contributed by atoms with Gasteiger partial charge >= 0.3 is 5.97 Å². The van der Waals surface area contributed by atoms with Crippen molar-refractivity contribution in [1.29, 1.82) is 0 Å². The third kappa shape index (κ3) is 4.65. The Bertz CT molecular complexity index is 1420. The molecule has 8 aliphatic rings. The molecule has 14 atom stereocenters. The van der Waals surface area contributed by atoms with E-state index >= 15 is 0 Å². The van der Waals surface area contributed by atoms with E-state index in [0.29, 0.717) is 75.9 Å². The summed E-state index contributed by atoms with van der Waals surface area (Å²) >= 11 is 0. The quantitative estimate of drug-likeness (QED) is 0.103. The third-order valence-electron chi connectivity index (χ3n) is 16.8. The number of aldehydes is 1. The highest BCUT2D eigenvalue weighted by Gasteiger charge is 2.81. The molecule has 9 heteroatoms. The number of ether oxygens (including phenoxy) is 2. The van der Waals surface area contributed by atoms with E-state index in [1.165, 1.54) is 25.7 Å². The van der Waals surface area contributed by atoms with Gasteiger partial charge in [0.2, 0.25) is 0 Å². The van der Waals surface area contributed by atoms with Gasteiger partial charge in [-0.15, -0.1) is 0 Å². The van der Waals surface area contributed by atoms with Gasteiger partial charge in [0.15, 0.2) is 0 Å². The van der Waals surface area contributed by atoms with Gasteiger partial charge in [-0.1, -0.05) is 45.6 Å². The molecule has 50 heavy (non-hydrogen) atoms. The van der Waals surface area contributed by atoms with Gasteiger partial charge in [-0.05, 0) is 117 Å². The first-order valence-electron chi connectivity index (χ1n) is 20.0. The van der Waals surface area contributed by atoms with E-state index in [2.05, 4.69) is 25.2 Å². The number of hydrogen-bond acceptors (Lipinski definition) is 9. The van der Waals surface area contributed by atoms with Crippen LogP contribution >= 0.6 is 0 Å². The van der Waals surface area contributed by atoms with Crippen LogP contribution in [0.2, 0.25) is 0 Å². The molecular weight excluding hydrogens is 634 g/mol. The second-order valence-electron chi connectivity index (χ2n) is 18.4. The van der Waals surface area contributed by atoms with Crippen molar-refractivity contribution in [2.75, 3.05) is 26.8 Å². The van der Waals surface area contributed by atoms with Crippen molar-refractivity contribution in [3.05, 3.63) is 23.3 Å². The zero-order chi connectivity index (χ0) is 35.3. The fourth-order valence-corrected chi connectivity index (χ4v) is 14.5. The number of nitrogens with one attached hydrogen (secondary N) is 1. The largest absolute Gasteiger partial charge is 0.450 e. The zero-order valence-electron chi connectivity index (χ0n) is 30.4. The molecule has 6 fully saturated rings. The van der Waals surface area contributed by atoms with Gasteiger partial charge in [0.1, 0.15) is 18.0 Å². The molecule has 278 valence electrons. The molecule has 1 aliphatic heterocycles. The van der Waals surface area contributed by atoms with Crippen molar-refractivity contribution >= 4 is 12.3 Å². The number of esters is 1. The number of hydrogen-bond donors (Lipinski definition) is 5. The Kier molecular flexibility index (Phi) is 8.84. The van der Waals surface area contributed by atoms with Crippen LogP contribution in [0.25, 0.3) is 0 Å². The van der Waals surface area contributed by atoms with Crippen LogP contribution in [0.15, 0.2) is 23.3 Å². The molecule has 0 aromatic carbocycles. The first-order valence-corrected chi connectivity index (χ1v) is 20.0. The molecule has 0 aromatic rings. The minimum atomic E-state index is -1.63. The SMILES string of the molecule is COCCCNCC1=CC2CC3(O)C(C)(CCC4C3(O)CC3CC(C(C)C5CCCC5)CCC5C(O)CCC4(C=O)C35O)C2C2=CC(=O)OC12. The fourth-order valence-electron chi connectivity index (χ4n) is 14.5. The number of rotatable bonds is 9. The van der Waals surface area contributed by atoms with Crippen molar-refractivity contribution in [3.8, 4) is 0 Å². The minimum absolute atomic E-state index is 0.112. The molecule has 9 nitrogen and oxygen atoms in total. The molecule has 8 rings (SSSR count). The standard InChI is InChI=1S/C41H61NO8/c1-24(25-7-4-5-8-25)26-9-10-31-32(44)11-14-38(23-43)33-12-13-37(2)35-27(20-40(37,47)39(33,46)21-29(18-26)41(31,38)48)17-28(22-42-15-6-16-49-3)36-30(35)19-34(45)50-36/h17,19,23-27,29,31-33,35-36,42,44,46-48H,4-16,18,20-22H2,1-3H3. The molecule has 6 saturated carbocycles. The summed E-state index contributed by atoms with van der Waals surface area (Å²) in [5.74, 6) is -0.738. The molecule has 7 aliphatic carbocycles. The highest BCUT2D eigenvalue weighted by Crippen LogP contribution is 2.76. The number of fused-ring (bicyclic) bond motifs is 8. The Morgan fingerprint density at radius 3 is 2.58 bits per heavy atom. The van der Waals surface area contributed by atoms with Gasteiger partial charge in [0.05, 0.1) is 22.7 Å². The Balaban J connectivity index is 1.19. The monoisotopic (exact) mass is 695 g/mol. The maximum absolute atomic E-state index is 13.8. The van der Waals surface area contributed by atoms with E-state index in [1.54, 1.807) is 13.2 Å². The number of carbonyl (C=O) groups is 2. The van der Waals surface area contributed by atoms with Crippen LogP contribution in [0, 0.1) is 58.2 Å². The summed E-state index contributed by atoms with van der Waals surface area (Å²) in [6.07, 6.45) is 14.0. The van der Waals surface area contributed by atoms with E-state index in [9.17, 15) is 30.0 Å². The first kappa shape index (κ1) is 35.4. The number of aliphatic hydroxyl groups excluding tert-OH is 1. The van der Waals surface area contributed by atoms with E-state index in [-0.39, 0.29) is 24.2 Å². The normalized spacial score (nSPS) is 50.1. The van der Waals surface area contributed by atoms with E-state index in [1.807, 2.05) is 0 Å². The lowest BCUT2D eigenvalue weighted by Crippen LogP contribution is -2.80. The van der Waals surface area contributed by atoms with Crippen LogP contribution in [-0.2, 0) is 19.1 Å². The summed E-state index contributed by atoms with van der Waals surface area (Å²) in [6, 6.07) is 0. The van der Waals surface area contributed by atoms with E-state index < -0.39 is 57.6 Å². The first-order chi connectivity index (χ1) is 23.9. The molecular formula is C41H61NO8. The van der Waals surface area contributed by atoms with Crippen molar-refractivity contribution in [2.24, 2.45) is 58.2 Å². The van der Waals surface area contributed by atoms with Gasteiger partial charge in [0, 0.05) is 43.6 Å². The zero-order valence-corrected chi connectivity index (χ0v) is 30.4. The van der Waals surface area contributed by atoms with Crippen LogP contribution < -0.4 is 5.32 Å². The topological polar surface area (TPSA) is 146 Å². The molecule has 0 aromatic heterocycles. The number of carbonyl (C=O) groups excluding carboxylic acids is 2. The van der Waals surface area contributed by atoms with E-state index in [4.69, 9.17) is 9.47 Å². The summed E-state index contributed by atoms with van der Waals surface area (Å²) in [5.41, 5.74) is -4.78. The Morgan fingerprint density at radius 2 is 1.84 bits per heavy atom. The maximum atomic E-state index is 13.8. The summed E-state index contributed by atoms with van der Waals surface area (Å²) in [5, 5.41) is 55.2. The number of allylic oxidation sites excluding steroid dienone is 1. The van der Waals surface area contributed by atoms with Crippen molar-refractivity contribution in [3.63, 3.8) is 0 Å². The summed E-state index contributed by atoms with van der Waals surface area (Å²) < 4.78 is 11.1. The Labute approximate surface area is 297 Å². The highest BCUT2D eigenvalue weighted by atomic mass is 16.5. The predicted molar refractivity (Wildman–Crippen MR) is 186 cm³/mol. The molecule has 0 bridgehead atoms. The Hall–Kier alpha value is -1.62. The van der Waals surface area contributed by atoms with Crippen molar-refractivity contribution in [1.82, 2.24) is 5.32 Å². The Morgan fingerprint density at radius 1 is 1.06 bits per heavy atom. The summed E-state index contributed by atoms with van der Waals surface area (Å²) in [7, 11) is 1.69. The minimum Gasteiger partial charge on any atom is -0.450 e. The van der Waals surface area contributed by atoms with Crippen molar-refractivity contribution in [2.45, 2.75) is 133 Å². The average Bonchev–Trinajstić information content (AvgIpc) is 3.78.